The lowest BCUT2D eigenvalue weighted by Crippen LogP contribution is -1.93. The van der Waals surface area contributed by atoms with Crippen molar-refractivity contribution in [3.8, 4) is 0 Å². The van der Waals surface area contributed by atoms with Gasteiger partial charge in [0.15, 0.2) is 0 Å². The number of benzene rings is 1. The maximum absolute atomic E-state index is 10.7. The first-order valence-electron chi connectivity index (χ1n) is 4.83. The molecule has 0 atom stereocenters. The summed E-state index contributed by atoms with van der Waals surface area (Å²) < 4.78 is 9.49. The van der Waals surface area contributed by atoms with Gasteiger partial charge in [0.05, 0.1) is 6.20 Å². The molecular weight excluding hydrogens is 238 g/mol. The van der Waals surface area contributed by atoms with Gasteiger partial charge in [-0.25, -0.2) is 9.78 Å². The fraction of sp³-hybridized carbons (Fsp3) is 0. The largest absolute Gasteiger partial charge is 0.440 e. The van der Waals surface area contributed by atoms with Crippen molar-refractivity contribution in [1.82, 2.24) is 4.98 Å². The van der Waals surface area contributed by atoms with Crippen LogP contribution >= 0.6 is 12.6 Å². The predicted molar refractivity (Wildman–Crippen MR) is 66.2 cm³/mol. The van der Waals surface area contributed by atoms with Gasteiger partial charge in [-0.1, -0.05) is 30.8 Å². The van der Waals surface area contributed by atoms with Gasteiger partial charge in [0, 0.05) is 11.5 Å². The molecule has 0 saturated heterocycles. The van der Waals surface area contributed by atoms with E-state index in [2.05, 4.69) is 22.0 Å². The van der Waals surface area contributed by atoms with Gasteiger partial charge >= 0.3 is 5.63 Å². The predicted octanol–water partition coefficient (Wildman–Crippen LogP) is 2.76. The van der Waals surface area contributed by atoms with Crippen molar-refractivity contribution in [2.45, 2.75) is 5.22 Å². The smallest absolute Gasteiger partial charge is 0.336 e. The summed E-state index contributed by atoms with van der Waals surface area (Å²) in [4.78, 5) is 14.3. The van der Waals surface area contributed by atoms with Crippen LogP contribution < -0.4 is 5.63 Å². The van der Waals surface area contributed by atoms with Crippen molar-refractivity contribution in [3.63, 3.8) is 0 Å². The van der Waals surface area contributed by atoms with Crippen LogP contribution in [0.2, 0.25) is 0 Å². The van der Waals surface area contributed by atoms with Crippen molar-refractivity contribution in [1.29, 1.82) is 0 Å². The molecular formula is C12H9NO3S. The van der Waals surface area contributed by atoms with Gasteiger partial charge in [-0.15, -0.1) is 0 Å². The van der Waals surface area contributed by atoms with Crippen molar-refractivity contribution in [2.24, 2.45) is 0 Å². The zero-order valence-corrected chi connectivity index (χ0v) is 9.63. The molecule has 4 nitrogen and oxygen atoms in total. The molecule has 3 rings (SSSR count). The average Bonchev–Trinajstić information content (AvgIpc) is 2.81. The Balaban J connectivity index is 0.000000153. The van der Waals surface area contributed by atoms with E-state index in [1.807, 2.05) is 18.2 Å². The molecule has 0 radical (unpaired) electrons. The lowest BCUT2D eigenvalue weighted by atomic mass is 10.2. The molecule has 0 spiro atoms. The number of aromatic nitrogens is 1. The van der Waals surface area contributed by atoms with Gasteiger partial charge in [0.25, 0.3) is 5.22 Å². The third kappa shape index (κ3) is 3.22. The summed E-state index contributed by atoms with van der Waals surface area (Å²) in [7, 11) is 0. The van der Waals surface area contributed by atoms with E-state index in [1.54, 1.807) is 18.3 Å². The molecule has 2 heterocycles. The van der Waals surface area contributed by atoms with Gasteiger partial charge in [0.1, 0.15) is 11.8 Å². The van der Waals surface area contributed by atoms with Crippen LogP contribution in [0.3, 0.4) is 0 Å². The van der Waals surface area contributed by atoms with Crippen LogP contribution in [-0.2, 0) is 0 Å². The van der Waals surface area contributed by atoms with Gasteiger partial charge < -0.3 is 8.83 Å². The molecule has 0 aliphatic carbocycles. The highest BCUT2D eigenvalue weighted by atomic mass is 32.1. The standard InChI is InChI=1S/C9H6O2.C3H3NOS/c10-9-6-5-7-3-1-2-4-8(7)11-9;6-3-4-1-2-5-3/h1-6H;1-2H,(H,4,6). The first-order valence-corrected chi connectivity index (χ1v) is 5.28. The Kier molecular flexibility index (Phi) is 3.62. The second-order valence-electron chi connectivity index (χ2n) is 3.11. The zero-order valence-electron chi connectivity index (χ0n) is 8.74. The normalized spacial score (nSPS) is 9.71. The Morgan fingerprint density at radius 2 is 1.94 bits per heavy atom. The number of hydrogen-bond acceptors (Lipinski definition) is 5. The van der Waals surface area contributed by atoms with E-state index in [0.717, 1.165) is 5.39 Å². The maximum atomic E-state index is 10.7. The van der Waals surface area contributed by atoms with Crippen LogP contribution in [0, 0.1) is 0 Å². The van der Waals surface area contributed by atoms with Gasteiger partial charge in [-0.05, 0) is 12.1 Å². The second-order valence-corrected chi connectivity index (χ2v) is 3.49. The minimum atomic E-state index is -0.302. The van der Waals surface area contributed by atoms with Crippen molar-refractivity contribution in [2.75, 3.05) is 0 Å². The fourth-order valence-corrected chi connectivity index (χ4v) is 1.35. The van der Waals surface area contributed by atoms with E-state index in [-0.39, 0.29) is 5.63 Å². The van der Waals surface area contributed by atoms with Crippen molar-refractivity contribution >= 4 is 23.6 Å². The van der Waals surface area contributed by atoms with Crippen LogP contribution in [0.1, 0.15) is 0 Å². The first-order chi connectivity index (χ1) is 8.25. The summed E-state index contributed by atoms with van der Waals surface area (Å²) in [6.07, 6.45) is 3.02. The highest BCUT2D eigenvalue weighted by molar-refractivity contribution is 7.80. The number of fused-ring (bicyclic) bond motifs is 1. The van der Waals surface area contributed by atoms with Crippen LogP contribution in [0.15, 0.2) is 67.7 Å². The van der Waals surface area contributed by atoms with E-state index >= 15 is 0 Å². The summed E-state index contributed by atoms with van der Waals surface area (Å²) in [5.41, 5.74) is 0.337. The van der Waals surface area contributed by atoms with Gasteiger partial charge in [-0.2, -0.15) is 0 Å². The summed E-state index contributed by atoms with van der Waals surface area (Å²) >= 11 is 3.76. The van der Waals surface area contributed by atoms with Crippen molar-refractivity contribution in [3.05, 3.63) is 59.3 Å². The van der Waals surface area contributed by atoms with Crippen LogP contribution in [0.25, 0.3) is 11.0 Å². The van der Waals surface area contributed by atoms with Gasteiger partial charge in [0.2, 0.25) is 0 Å². The number of nitrogens with zero attached hydrogens (tertiary/aromatic N) is 1. The molecule has 5 heteroatoms. The summed E-state index contributed by atoms with van der Waals surface area (Å²) in [5, 5.41) is 1.36. The first kappa shape index (κ1) is 11.5. The van der Waals surface area contributed by atoms with E-state index in [4.69, 9.17) is 4.42 Å². The minimum Gasteiger partial charge on any atom is -0.440 e. The molecule has 0 fully saturated rings. The topological polar surface area (TPSA) is 56.2 Å². The molecule has 0 amide bonds. The number of thiol groups is 1. The quantitative estimate of drug-likeness (QED) is 0.490. The Morgan fingerprint density at radius 1 is 1.12 bits per heavy atom. The number of rotatable bonds is 0. The zero-order chi connectivity index (χ0) is 12.1. The molecule has 0 N–H and O–H groups in total. The number of para-hydroxylation sites is 1. The summed E-state index contributed by atoms with van der Waals surface area (Å²) in [6.45, 7) is 0. The molecule has 2 aromatic heterocycles. The van der Waals surface area contributed by atoms with E-state index in [1.165, 1.54) is 12.3 Å². The second kappa shape index (κ2) is 5.36. The van der Waals surface area contributed by atoms with Crippen LogP contribution in [-0.4, -0.2) is 4.98 Å². The molecule has 0 bridgehead atoms. The number of oxazole rings is 1. The van der Waals surface area contributed by atoms with Gasteiger partial charge in [-0.3, -0.25) is 0 Å². The lowest BCUT2D eigenvalue weighted by molar-refractivity contribution is 0.456. The molecule has 0 aliphatic rings. The SMILES string of the molecule is O=c1ccc2ccccc2o1.Sc1ncco1. The van der Waals surface area contributed by atoms with E-state index < -0.39 is 0 Å². The molecule has 3 aromatic rings. The average molecular weight is 247 g/mol. The Labute approximate surface area is 102 Å². The Morgan fingerprint density at radius 3 is 2.59 bits per heavy atom. The maximum Gasteiger partial charge on any atom is 0.336 e. The van der Waals surface area contributed by atoms with Crippen LogP contribution in [0.4, 0.5) is 0 Å². The number of hydrogen-bond donors (Lipinski definition) is 1. The highest BCUT2D eigenvalue weighted by Crippen LogP contribution is 2.08. The molecule has 0 unspecified atom stereocenters. The Hall–Kier alpha value is -2.01. The van der Waals surface area contributed by atoms with E-state index in [9.17, 15) is 4.79 Å². The lowest BCUT2D eigenvalue weighted by Gasteiger charge is -1.91. The molecule has 0 saturated carbocycles. The summed E-state index contributed by atoms with van der Waals surface area (Å²) in [5.74, 6) is 0. The molecule has 17 heavy (non-hydrogen) atoms. The van der Waals surface area contributed by atoms with Crippen LogP contribution in [0.5, 0.6) is 0 Å². The summed E-state index contributed by atoms with van der Waals surface area (Å²) in [6, 6.07) is 10.6. The van der Waals surface area contributed by atoms with E-state index in [0.29, 0.717) is 10.8 Å². The molecule has 0 aliphatic heterocycles. The molecule has 1 aromatic carbocycles. The fourth-order valence-electron chi connectivity index (χ4n) is 1.23. The van der Waals surface area contributed by atoms with Crippen molar-refractivity contribution < 1.29 is 8.83 Å². The minimum absolute atomic E-state index is 0.302. The Bertz CT molecular complexity index is 646. The third-order valence-corrected chi connectivity index (χ3v) is 2.17. The third-order valence-electron chi connectivity index (χ3n) is 1.95. The molecule has 86 valence electrons. The monoisotopic (exact) mass is 247 g/mol. The highest BCUT2D eigenvalue weighted by Gasteiger charge is 1.92.